The number of nitrogens with one attached hydrogen (secondary N) is 1. The number of pyridine rings is 1. The first-order valence-electron chi connectivity index (χ1n) is 6.36. The maximum atomic E-state index is 11.1. The molecule has 0 radical (unpaired) electrons. The van der Waals surface area contributed by atoms with E-state index in [4.69, 9.17) is 28.5 Å². The first kappa shape index (κ1) is 16.7. The fraction of sp³-hybridized carbons (Fsp3) is 0.0667. The second-order valence-electron chi connectivity index (χ2n) is 4.43. The molecular weight excluding hydrogens is 339 g/mol. The lowest BCUT2D eigenvalue weighted by molar-refractivity contribution is -0.383. The fourth-order valence-corrected chi connectivity index (χ4v) is 2.43. The van der Waals surface area contributed by atoms with E-state index in [0.717, 1.165) is 0 Å². The average molecular weight is 349 g/mol. The fourth-order valence-electron chi connectivity index (χ4n) is 1.94. The minimum absolute atomic E-state index is 0.0103. The standard InChI is InChI=1S/C15H10Cl2N4O2/c1-19-12-5-3-9(6-13(12)21(22)23)2-4-10-7-14(16)20-15(17)11(10)8-18/h2-7,19H,1H3. The third-order valence-corrected chi connectivity index (χ3v) is 3.50. The van der Waals surface area contributed by atoms with Crippen molar-refractivity contribution in [2.24, 2.45) is 0 Å². The van der Waals surface area contributed by atoms with Crippen molar-refractivity contribution in [3.63, 3.8) is 0 Å². The number of nitro benzene ring substituents is 1. The molecule has 0 unspecified atom stereocenters. The summed E-state index contributed by atoms with van der Waals surface area (Å²) in [6, 6.07) is 8.20. The molecule has 8 heteroatoms. The lowest BCUT2D eigenvalue weighted by Crippen LogP contribution is -1.96. The second kappa shape index (κ2) is 7.09. The van der Waals surface area contributed by atoms with E-state index < -0.39 is 4.92 Å². The van der Waals surface area contributed by atoms with Crippen molar-refractivity contribution in [3.05, 3.63) is 61.4 Å². The Kier molecular flexibility index (Phi) is 5.16. The van der Waals surface area contributed by atoms with Crippen LogP contribution in [0.15, 0.2) is 24.3 Å². The van der Waals surface area contributed by atoms with Gasteiger partial charge in [0.1, 0.15) is 22.1 Å². The first-order valence-corrected chi connectivity index (χ1v) is 7.12. The molecule has 0 fully saturated rings. The number of aromatic nitrogens is 1. The molecule has 0 saturated carbocycles. The number of rotatable bonds is 4. The van der Waals surface area contributed by atoms with Crippen molar-refractivity contribution in [1.29, 1.82) is 5.26 Å². The lowest BCUT2D eigenvalue weighted by atomic mass is 10.1. The van der Waals surface area contributed by atoms with Crippen LogP contribution in [0.25, 0.3) is 12.2 Å². The highest BCUT2D eigenvalue weighted by Gasteiger charge is 2.13. The lowest BCUT2D eigenvalue weighted by Gasteiger charge is -2.03. The van der Waals surface area contributed by atoms with Gasteiger partial charge in [-0.1, -0.05) is 41.4 Å². The zero-order valence-electron chi connectivity index (χ0n) is 11.9. The molecule has 0 spiro atoms. The normalized spacial score (nSPS) is 10.5. The summed E-state index contributed by atoms with van der Waals surface area (Å²) >= 11 is 11.7. The van der Waals surface area contributed by atoms with E-state index in [1.807, 2.05) is 6.07 Å². The maximum absolute atomic E-state index is 11.1. The summed E-state index contributed by atoms with van der Waals surface area (Å²) in [6.45, 7) is 0. The molecular formula is C15H10Cl2N4O2. The molecule has 116 valence electrons. The molecule has 0 atom stereocenters. The number of hydrogen-bond acceptors (Lipinski definition) is 5. The zero-order valence-corrected chi connectivity index (χ0v) is 13.4. The first-order chi connectivity index (χ1) is 11.0. The van der Waals surface area contributed by atoms with Gasteiger partial charge in [-0.3, -0.25) is 10.1 Å². The van der Waals surface area contributed by atoms with Crippen molar-refractivity contribution in [3.8, 4) is 6.07 Å². The van der Waals surface area contributed by atoms with Gasteiger partial charge in [0, 0.05) is 13.1 Å². The topological polar surface area (TPSA) is 91.8 Å². The monoisotopic (exact) mass is 348 g/mol. The van der Waals surface area contributed by atoms with Gasteiger partial charge in [0.2, 0.25) is 0 Å². The Morgan fingerprint density at radius 2 is 2.09 bits per heavy atom. The molecule has 0 aliphatic rings. The van der Waals surface area contributed by atoms with Gasteiger partial charge >= 0.3 is 0 Å². The van der Waals surface area contributed by atoms with Crippen molar-refractivity contribution in [2.75, 3.05) is 12.4 Å². The van der Waals surface area contributed by atoms with Crippen molar-refractivity contribution < 1.29 is 4.92 Å². The Morgan fingerprint density at radius 1 is 1.35 bits per heavy atom. The van der Waals surface area contributed by atoms with Crippen molar-refractivity contribution >= 4 is 46.7 Å². The van der Waals surface area contributed by atoms with Gasteiger partial charge in [0.15, 0.2) is 0 Å². The van der Waals surface area contributed by atoms with E-state index in [-0.39, 0.29) is 21.6 Å². The molecule has 1 N–H and O–H groups in total. The third-order valence-electron chi connectivity index (χ3n) is 3.03. The second-order valence-corrected chi connectivity index (χ2v) is 5.17. The number of benzene rings is 1. The molecule has 0 saturated heterocycles. The molecule has 0 amide bonds. The van der Waals surface area contributed by atoms with E-state index in [9.17, 15) is 10.1 Å². The number of nitro groups is 1. The Balaban J connectivity index is 2.44. The van der Waals surface area contributed by atoms with E-state index in [0.29, 0.717) is 16.8 Å². The molecule has 0 aliphatic heterocycles. The summed E-state index contributed by atoms with van der Waals surface area (Å²) in [5.74, 6) is 0. The predicted molar refractivity (Wildman–Crippen MR) is 90.5 cm³/mol. The van der Waals surface area contributed by atoms with Gasteiger partial charge in [0.25, 0.3) is 5.69 Å². The Morgan fingerprint density at radius 3 is 2.70 bits per heavy atom. The minimum Gasteiger partial charge on any atom is -0.383 e. The van der Waals surface area contributed by atoms with Gasteiger partial charge in [-0.2, -0.15) is 5.26 Å². The van der Waals surface area contributed by atoms with Crippen LogP contribution in [0.4, 0.5) is 11.4 Å². The van der Waals surface area contributed by atoms with Crippen LogP contribution >= 0.6 is 23.2 Å². The van der Waals surface area contributed by atoms with Crippen LogP contribution in [0.5, 0.6) is 0 Å². The van der Waals surface area contributed by atoms with E-state index in [2.05, 4.69) is 10.3 Å². The molecule has 1 aromatic carbocycles. The number of anilines is 1. The highest BCUT2D eigenvalue weighted by molar-refractivity contribution is 6.33. The zero-order chi connectivity index (χ0) is 17.0. The summed E-state index contributed by atoms with van der Waals surface area (Å²) in [5, 5.41) is 23.1. The maximum Gasteiger partial charge on any atom is 0.292 e. The Hall–Kier alpha value is -2.62. The molecule has 1 aromatic heterocycles. The SMILES string of the molecule is CNc1ccc(C=Cc2cc(Cl)nc(Cl)c2C#N)cc1[N+](=O)[O-]. The van der Waals surface area contributed by atoms with Crippen LogP contribution in [-0.4, -0.2) is 17.0 Å². The summed E-state index contributed by atoms with van der Waals surface area (Å²) in [6.07, 6.45) is 3.24. The average Bonchev–Trinajstić information content (AvgIpc) is 2.52. The largest absolute Gasteiger partial charge is 0.383 e. The van der Waals surface area contributed by atoms with Crippen LogP contribution in [0, 0.1) is 21.4 Å². The van der Waals surface area contributed by atoms with E-state index in [1.165, 1.54) is 12.1 Å². The van der Waals surface area contributed by atoms with Gasteiger partial charge in [-0.25, -0.2) is 4.98 Å². The summed E-state index contributed by atoms with van der Waals surface area (Å²) in [7, 11) is 1.61. The van der Waals surface area contributed by atoms with Crippen molar-refractivity contribution in [2.45, 2.75) is 0 Å². The van der Waals surface area contributed by atoms with Crippen LogP contribution in [-0.2, 0) is 0 Å². The molecule has 2 aromatic rings. The Bertz CT molecular complexity index is 844. The number of hydrogen-bond donors (Lipinski definition) is 1. The van der Waals surface area contributed by atoms with Gasteiger partial charge in [-0.05, 0) is 23.3 Å². The molecule has 1 heterocycles. The highest BCUT2D eigenvalue weighted by Crippen LogP contribution is 2.27. The molecule has 0 bridgehead atoms. The Labute approximate surface area is 142 Å². The third kappa shape index (κ3) is 3.77. The molecule has 0 aliphatic carbocycles. The van der Waals surface area contributed by atoms with Crippen LogP contribution in [0.1, 0.15) is 16.7 Å². The molecule has 2 rings (SSSR count). The number of nitriles is 1. The molecule has 6 nitrogen and oxygen atoms in total. The van der Waals surface area contributed by atoms with Crippen molar-refractivity contribution in [1.82, 2.24) is 4.98 Å². The van der Waals surface area contributed by atoms with E-state index >= 15 is 0 Å². The van der Waals surface area contributed by atoms with E-state index in [1.54, 1.807) is 31.3 Å². The van der Waals surface area contributed by atoms with Gasteiger partial charge < -0.3 is 5.32 Å². The van der Waals surface area contributed by atoms with Gasteiger partial charge in [-0.15, -0.1) is 0 Å². The quantitative estimate of drug-likeness (QED) is 0.502. The number of halogens is 2. The minimum atomic E-state index is -0.468. The van der Waals surface area contributed by atoms with Gasteiger partial charge in [0.05, 0.1) is 10.5 Å². The van der Waals surface area contributed by atoms with Crippen LogP contribution in [0.2, 0.25) is 10.3 Å². The van der Waals surface area contributed by atoms with Crippen LogP contribution < -0.4 is 5.32 Å². The smallest absolute Gasteiger partial charge is 0.292 e. The molecule has 23 heavy (non-hydrogen) atoms. The highest BCUT2D eigenvalue weighted by atomic mass is 35.5. The summed E-state index contributed by atoms with van der Waals surface area (Å²) in [4.78, 5) is 14.4. The summed E-state index contributed by atoms with van der Waals surface area (Å²) < 4.78 is 0. The number of nitrogens with zero attached hydrogens (tertiary/aromatic N) is 3. The predicted octanol–water partition coefficient (Wildman–Crippen LogP) is 4.38. The summed E-state index contributed by atoms with van der Waals surface area (Å²) in [5.41, 5.74) is 1.65. The van der Waals surface area contributed by atoms with Crippen LogP contribution in [0.3, 0.4) is 0 Å².